The van der Waals surface area contributed by atoms with E-state index in [0.717, 1.165) is 111 Å². The molecule has 0 unspecified atom stereocenters. The Balaban J connectivity index is 0.000000171. The first-order chi connectivity index (χ1) is 35.9. The summed E-state index contributed by atoms with van der Waals surface area (Å²) in [4.78, 5) is 23.1. The van der Waals surface area contributed by atoms with Crippen molar-refractivity contribution in [3.63, 3.8) is 0 Å². The number of nitrogens with two attached hydrogens (primary N) is 3. The number of benzene rings is 2. The van der Waals surface area contributed by atoms with Crippen LogP contribution in [0.15, 0.2) is 88.2 Å². The average Bonchev–Trinajstić information content (AvgIpc) is 4.26. The molecule has 76 heavy (non-hydrogen) atoms. The Bertz CT molecular complexity index is 2990. The molecular formula is C50H66BBrF6N14O3S. The summed E-state index contributed by atoms with van der Waals surface area (Å²) in [5, 5.41) is 22.5. The Kier molecular flexibility index (Phi) is 18.2. The minimum absolute atomic E-state index is 0.109. The fourth-order valence-corrected chi connectivity index (χ4v) is 12.5. The van der Waals surface area contributed by atoms with E-state index < -0.39 is 47.0 Å². The molecule has 4 aliphatic rings. The normalized spacial score (nSPS) is 19.8. The zero-order valence-corrected chi connectivity index (χ0v) is 45.5. The number of hydrogen-bond acceptors (Lipinski definition) is 12. The smallest absolute Gasteiger partial charge is 0.423 e. The molecule has 0 bridgehead atoms. The van der Waals surface area contributed by atoms with Gasteiger partial charge in [-0.15, -0.1) is 0 Å². The van der Waals surface area contributed by atoms with E-state index >= 15 is 0 Å². The standard InChI is InChI=1S/C23H26F3N5.C20H30BrN5OS.C7H6BF3O2.H4N4/c1-15-19(16-5-2-3-6-17(16)23(24,25)26)20-28-11-14-31(20)21(29-15)30-12-9-22(10-13-30)8-4-7-18(22)27;1-14-16(21)17-22-10-13-26(17)18(23-14)25-11-8-20(9-12-25)7-5-6-15(20)24-28(27)19(2,3)4;9-7(10,11)5-3-1-2-4-6(5)8(12)13;1-3-4-2/h2-3,5-6,11,14,18H,4,7-10,12-13,27H2,1H3;10,13,15,24H,5-9,11-12H2,1-4H3;1-4,12-13H;(H2,1,4)(H2,2,3)/t18-;15-,28-;;/m11../s1. The number of halogens is 7. The van der Waals surface area contributed by atoms with Crippen molar-refractivity contribution in [3.05, 3.63) is 100 Å². The summed E-state index contributed by atoms with van der Waals surface area (Å²) < 4.78 is 98.4. The van der Waals surface area contributed by atoms with Gasteiger partial charge in [0, 0.05) is 68.6 Å². The number of nitrogens with zero attached hydrogens (tertiary/aromatic N) is 10. The highest BCUT2D eigenvalue weighted by molar-refractivity contribution is 9.10. The molecule has 26 heteroatoms. The summed E-state index contributed by atoms with van der Waals surface area (Å²) in [6, 6.07) is 10.6. The van der Waals surface area contributed by atoms with Crippen LogP contribution in [0.2, 0.25) is 0 Å². The van der Waals surface area contributed by atoms with E-state index in [9.17, 15) is 30.6 Å². The van der Waals surface area contributed by atoms with E-state index in [4.69, 9.17) is 25.7 Å². The second kappa shape index (κ2) is 23.7. The zero-order valence-electron chi connectivity index (χ0n) is 43.1. The van der Waals surface area contributed by atoms with E-state index in [1.807, 2.05) is 44.5 Å². The molecule has 412 valence electrons. The molecule has 2 spiro atoms. The predicted octanol–water partition coefficient (Wildman–Crippen LogP) is 8.38. The number of piperidine rings is 2. The second-order valence-corrected chi connectivity index (χ2v) is 23.6. The number of nitrogens with one attached hydrogen (secondary N) is 1. The van der Waals surface area contributed by atoms with Crippen LogP contribution in [-0.2, 0) is 23.3 Å². The van der Waals surface area contributed by atoms with Crippen molar-refractivity contribution >= 4 is 62.7 Å². The monoisotopic (exact) mass is 1150 g/mol. The van der Waals surface area contributed by atoms with Crippen LogP contribution in [0.1, 0.15) is 107 Å². The van der Waals surface area contributed by atoms with Crippen LogP contribution in [-0.4, -0.2) is 93.1 Å². The highest BCUT2D eigenvalue weighted by atomic mass is 79.9. The lowest BCUT2D eigenvalue weighted by molar-refractivity contribution is -0.137. The van der Waals surface area contributed by atoms with Crippen LogP contribution < -0.4 is 37.4 Å². The van der Waals surface area contributed by atoms with Gasteiger partial charge in [0.25, 0.3) is 0 Å². The molecule has 3 atom stereocenters. The van der Waals surface area contributed by atoms with Gasteiger partial charge in [0.05, 0.1) is 42.7 Å². The zero-order chi connectivity index (χ0) is 55.4. The lowest BCUT2D eigenvalue weighted by atomic mass is 9.74. The van der Waals surface area contributed by atoms with Crippen LogP contribution in [0.5, 0.6) is 0 Å². The number of hydrogen-bond donors (Lipinski definition) is 6. The van der Waals surface area contributed by atoms with Crippen molar-refractivity contribution in [1.82, 2.24) is 33.5 Å². The van der Waals surface area contributed by atoms with Gasteiger partial charge < -0.3 is 37.3 Å². The molecule has 0 amide bonds. The minimum atomic E-state index is -4.56. The number of aryl methyl sites for hydroxylation is 2. The van der Waals surface area contributed by atoms with Crippen LogP contribution in [0.4, 0.5) is 38.2 Å². The quantitative estimate of drug-likeness (QED) is 0.0303. The number of imidazole rings is 2. The highest BCUT2D eigenvalue weighted by Gasteiger charge is 2.47. The summed E-state index contributed by atoms with van der Waals surface area (Å²) in [5.41, 5.74) is 8.14. The molecule has 10 rings (SSSR count). The molecule has 17 nitrogen and oxygen atoms in total. The van der Waals surface area contributed by atoms with Gasteiger partial charge in [-0.2, -0.15) is 26.3 Å². The Labute approximate surface area is 449 Å². The van der Waals surface area contributed by atoms with Crippen molar-refractivity contribution in [2.24, 2.45) is 38.7 Å². The van der Waals surface area contributed by atoms with E-state index in [-0.39, 0.29) is 27.2 Å². The molecule has 4 aromatic heterocycles. The molecule has 0 radical (unpaired) electrons. The SMILES string of the molecule is Cc1nc(N2CCC3(CCC[C@H]3N)CC2)n2ccnc2c1-c1ccccc1C(F)(F)F.Cc1nc(N2CCC3(CCC[C@H]3N[S@](=O)C(C)(C)C)CC2)n2ccnc2c1Br.N/N=N/N.OB(O)c1ccccc1C(F)(F)F. The molecular weight excluding hydrogens is 1080 g/mol. The van der Waals surface area contributed by atoms with Crippen molar-refractivity contribution in [2.45, 2.75) is 128 Å². The third-order valence-corrected chi connectivity index (χ3v) is 17.8. The molecule has 6 heterocycles. The lowest BCUT2D eigenvalue weighted by Gasteiger charge is -2.44. The third kappa shape index (κ3) is 12.6. The Morgan fingerprint density at radius 2 is 1.21 bits per heavy atom. The van der Waals surface area contributed by atoms with Gasteiger partial charge in [0.1, 0.15) is 5.65 Å². The molecule has 4 fully saturated rings. The van der Waals surface area contributed by atoms with Gasteiger partial charge in [-0.1, -0.05) is 65.8 Å². The number of aromatic nitrogens is 6. The van der Waals surface area contributed by atoms with Crippen LogP contribution in [0.25, 0.3) is 22.4 Å². The fourth-order valence-electron chi connectivity index (χ4n) is 11.1. The van der Waals surface area contributed by atoms with E-state index in [2.05, 4.69) is 67.0 Å². The molecule has 2 aliphatic carbocycles. The first-order valence-corrected chi connectivity index (χ1v) is 27.1. The topological polar surface area (TPSA) is 239 Å². The highest BCUT2D eigenvalue weighted by Crippen LogP contribution is 2.49. The lowest BCUT2D eigenvalue weighted by Crippen LogP contribution is -2.51. The van der Waals surface area contributed by atoms with Crippen molar-refractivity contribution in [2.75, 3.05) is 36.0 Å². The molecule has 6 aromatic rings. The summed E-state index contributed by atoms with van der Waals surface area (Å²) in [6.07, 6.45) is 9.51. The average molecular weight is 1150 g/mol. The molecule has 9 N–H and O–H groups in total. The first kappa shape index (κ1) is 58.3. The van der Waals surface area contributed by atoms with Gasteiger partial charge in [0.2, 0.25) is 11.9 Å². The number of rotatable bonds is 6. The van der Waals surface area contributed by atoms with E-state index in [0.29, 0.717) is 22.9 Å². The van der Waals surface area contributed by atoms with Crippen molar-refractivity contribution < 1.29 is 40.6 Å². The minimum Gasteiger partial charge on any atom is -0.423 e. The number of anilines is 2. The maximum absolute atomic E-state index is 13.7. The van der Waals surface area contributed by atoms with Gasteiger partial charge in [0.15, 0.2) is 5.65 Å². The second-order valence-electron chi connectivity index (χ2n) is 20.8. The van der Waals surface area contributed by atoms with Gasteiger partial charge >= 0.3 is 19.5 Å². The van der Waals surface area contributed by atoms with Gasteiger partial charge in [-0.05, 0) is 130 Å². The first-order valence-electron chi connectivity index (χ1n) is 25.1. The molecule has 2 saturated carbocycles. The summed E-state index contributed by atoms with van der Waals surface area (Å²) in [7, 11) is -3.11. The maximum Gasteiger partial charge on any atom is 0.489 e. The van der Waals surface area contributed by atoms with E-state index in [1.165, 1.54) is 49.9 Å². The Morgan fingerprint density at radius 3 is 1.72 bits per heavy atom. The largest absolute Gasteiger partial charge is 0.489 e. The van der Waals surface area contributed by atoms with Crippen LogP contribution in [0.3, 0.4) is 0 Å². The van der Waals surface area contributed by atoms with Crippen LogP contribution >= 0.6 is 15.9 Å². The number of fused-ring (bicyclic) bond motifs is 2. The summed E-state index contributed by atoms with van der Waals surface area (Å²) >= 11 is 3.61. The fraction of sp³-hybridized carbons (Fsp3) is 0.520. The van der Waals surface area contributed by atoms with E-state index in [1.54, 1.807) is 25.4 Å². The molecule has 2 aromatic carbocycles. The Hall–Kier alpha value is -5.41. The Morgan fingerprint density at radius 1 is 0.724 bits per heavy atom. The van der Waals surface area contributed by atoms with Crippen molar-refractivity contribution in [1.29, 1.82) is 0 Å². The van der Waals surface area contributed by atoms with Gasteiger partial charge in [-0.3, -0.25) is 8.80 Å². The maximum atomic E-state index is 13.7. The van der Waals surface area contributed by atoms with Crippen LogP contribution in [0, 0.1) is 24.7 Å². The molecule has 2 saturated heterocycles. The molecule has 2 aliphatic heterocycles. The predicted molar refractivity (Wildman–Crippen MR) is 286 cm³/mol. The van der Waals surface area contributed by atoms with Gasteiger partial charge in [-0.25, -0.2) is 28.9 Å². The van der Waals surface area contributed by atoms with Crippen molar-refractivity contribution in [3.8, 4) is 11.1 Å². The third-order valence-electron chi connectivity index (χ3n) is 15.2. The number of alkyl halides is 6. The summed E-state index contributed by atoms with van der Waals surface area (Å²) in [6.45, 7) is 13.5. The summed E-state index contributed by atoms with van der Waals surface area (Å²) in [5.74, 6) is 10.4.